The Kier molecular flexibility index (Phi) is 8.79. The van der Waals surface area contributed by atoms with Gasteiger partial charge >= 0.3 is 0 Å². The summed E-state index contributed by atoms with van der Waals surface area (Å²) in [6.07, 6.45) is 7.25. The SMILES string of the molecule is O=C(Nc1cc(C(=O)N2CCCNCC2)ccc1N1CCCN(C(=O)C2CCCCC2)CC1)c1ccc2c(c1)OCO2. The minimum atomic E-state index is -0.290. The molecule has 0 atom stereocenters. The molecule has 2 N–H and O–H groups in total. The zero-order valence-electron chi connectivity index (χ0n) is 24.2. The average Bonchev–Trinajstić information content (AvgIpc) is 3.18. The molecule has 2 aromatic carbocycles. The van der Waals surface area contributed by atoms with Crippen LogP contribution in [0.5, 0.6) is 11.5 Å². The number of benzene rings is 2. The molecular formula is C32H41N5O5. The summed E-state index contributed by atoms with van der Waals surface area (Å²) in [5.41, 5.74) is 2.43. The summed E-state index contributed by atoms with van der Waals surface area (Å²) in [5, 5.41) is 6.43. The minimum absolute atomic E-state index is 0.0380. The minimum Gasteiger partial charge on any atom is -0.454 e. The van der Waals surface area contributed by atoms with E-state index in [0.29, 0.717) is 60.4 Å². The molecule has 3 amide bonds. The van der Waals surface area contributed by atoms with Gasteiger partial charge in [0.1, 0.15) is 0 Å². The van der Waals surface area contributed by atoms with E-state index in [4.69, 9.17) is 9.47 Å². The van der Waals surface area contributed by atoms with Gasteiger partial charge in [0.05, 0.1) is 11.4 Å². The third-order valence-corrected chi connectivity index (χ3v) is 8.86. The van der Waals surface area contributed by atoms with Gasteiger partial charge in [-0.05, 0) is 68.6 Å². The first kappa shape index (κ1) is 28.3. The van der Waals surface area contributed by atoms with Crippen LogP contribution in [0, 0.1) is 5.92 Å². The van der Waals surface area contributed by atoms with Crippen molar-refractivity contribution >= 4 is 29.1 Å². The van der Waals surface area contributed by atoms with Gasteiger partial charge in [-0.25, -0.2) is 0 Å². The number of hydrogen-bond donors (Lipinski definition) is 2. The Hall–Kier alpha value is -3.79. The number of ether oxygens (including phenoxy) is 2. The normalized spacial score (nSPS) is 19.7. The molecule has 0 radical (unpaired) electrons. The van der Waals surface area contributed by atoms with E-state index >= 15 is 0 Å². The second-order valence-corrected chi connectivity index (χ2v) is 11.7. The number of fused-ring (bicyclic) bond motifs is 1. The van der Waals surface area contributed by atoms with Gasteiger partial charge in [-0.3, -0.25) is 14.4 Å². The molecule has 0 aromatic heterocycles. The van der Waals surface area contributed by atoms with Gasteiger partial charge in [-0.15, -0.1) is 0 Å². The van der Waals surface area contributed by atoms with Gasteiger partial charge < -0.3 is 34.8 Å². The highest BCUT2D eigenvalue weighted by atomic mass is 16.7. The van der Waals surface area contributed by atoms with Crippen molar-refractivity contribution in [1.82, 2.24) is 15.1 Å². The first-order valence-corrected chi connectivity index (χ1v) is 15.5. The molecule has 0 bridgehead atoms. The number of amides is 3. The van der Waals surface area contributed by atoms with Crippen LogP contribution in [0.4, 0.5) is 11.4 Å². The molecule has 6 rings (SSSR count). The maximum atomic E-state index is 13.5. The Bertz CT molecular complexity index is 1300. The lowest BCUT2D eigenvalue weighted by molar-refractivity contribution is -0.136. The van der Waals surface area contributed by atoms with Crippen LogP contribution in [0.2, 0.25) is 0 Å². The number of carbonyl (C=O) groups excluding carboxylic acids is 3. The number of nitrogens with zero attached hydrogens (tertiary/aromatic N) is 3. The monoisotopic (exact) mass is 575 g/mol. The number of nitrogens with one attached hydrogen (secondary N) is 2. The van der Waals surface area contributed by atoms with E-state index < -0.39 is 0 Å². The Morgan fingerprint density at radius 1 is 0.738 bits per heavy atom. The number of anilines is 2. The highest BCUT2D eigenvalue weighted by Gasteiger charge is 2.29. The maximum Gasteiger partial charge on any atom is 0.255 e. The van der Waals surface area contributed by atoms with Crippen LogP contribution in [0.15, 0.2) is 36.4 Å². The molecule has 10 nitrogen and oxygen atoms in total. The zero-order valence-corrected chi connectivity index (χ0v) is 24.2. The lowest BCUT2D eigenvalue weighted by Crippen LogP contribution is -2.39. The van der Waals surface area contributed by atoms with Gasteiger partial charge in [0.25, 0.3) is 11.8 Å². The van der Waals surface area contributed by atoms with Crippen LogP contribution in [0.3, 0.4) is 0 Å². The van der Waals surface area contributed by atoms with E-state index in [1.54, 1.807) is 24.3 Å². The zero-order chi connectivity index (χ0) is 28.9. The summed E-state index contributed by atoms with van der Waals surface area (Å²) in [6.45, 7) is 5.95. The third-order valence-electron chi connectivity index (χ3n) is 8.86. The van der Waals surface area contributed by atoms with E-state index in [9.17, 15) is 14.4 Å². The van der Waals surface area contributed by atoms with Crippen LogP contribution in [-0.2, 0) is 4.79 Å². The van der Waals surface area contributed by atoms with Crippen LogP contribution in [0.1, 0.15) is 65.7 Å². The molecular weight excluding hydrogens is 534 g/mol. The Morgan fingerprint density at radius 2 is 1.55 bits per heavy atom. The van der Waals surface area contributed by atoms with E-state index in [0.717, 1.165) is 70.4 Å². The van der Waals surface area contributed by atoms with E-state index in [1.807, 2.05) is 21.9 Å². The standard InChI is InChI=1S/C32H41N5O5/c38-30(24-9-11-28-29(21-24)42-22-41-28)34-26-20-25(32(40)36-14-4-12-33-13-17-36)8-10-27(26)35-15-5-16-37(19-18-35)31(39)23-6-2-1-3-7-23/h8-11,20-21,23,33H,1-7,12-19,22H2,(H,34,38). The molecule has 2 saturated heterocycles. The van der Waals surface area contributed by atoms with Crippen molar-refractivity contribution in [3.8, 4) is 11.5 Å². The average molecular weight is 576 g/mol. The fraction of sp³-hybridized carbons (Fsp3) is 0.531. The topological polar surface area (TPSA) is 103 Å². The molecule has 3 aliphatic heterocycles. The smallest absolute Gasteiger partial charge is 0.255 e. The highest BCUT2D eigenvalue weighted by molar-refractivity contribution is 6.07. The fourth-order valence-corrected chi connectivity index (χ4v) is 6.50. The van der Waals surface area contributed by atoms with Crippen molar-refractivity contribution in [2.24, 2.45) is 5.92 Å². The summed E-state index contributed by atoms with van der Waals surface area (Å²) in [5.74, 6) is 1.27. The molecule has 224 valence electrons. The lowest BCUT2D eigenvalue weighted by Gasteiger charge is -2.29. The van der Waals surface area contributed by atoms with Gasteiger partial charge in [0.15, 0.2) is 11.5 Å². The quantitative estimate of drug-likeness (QED) is 0.560. The van der Waals surface area contributed by atoms with Gasteiger partial charge in [-0.2, -0.15) is 0 Å². The highest BCUT2D eigenvalue weighted by Crippen LogP contribution is 2.34. The van der Waals surface area contributed by atoms with Crippen molar-refractivity contribution in [2.75, 3.05) is 69.4 Å². The fourth-order valence-electron chi connectivity index (χ4n) is 6.50. The van der Waals surface area contributed by atoms with Crippen LogP contribution >= 0.6 is 0 Å². The second kappa shape index (κ2) is 13.0. The molecule has 3 fully saturated rings. The summed E-state index contributed by atoms with van der Waals surface area (Å²) >= 11 is 0. The van der Waals surface area contributed by atoms with Gasteiger partial charge in [-0.1, -0.05) is 19.3 Å². The summed E-state index contributed by atoms with van der Waals surface area (Å²) < 4.78 is 10.9. The summed E-state index contributed by atoms with van der Waals surface area (Å²) in [4.78, 5) is 46.4. The first-order valence-electron chi connectivity index (χ1n) is 15.5. The van der Waals surface area contributed by atoms with Crippen molar-refractivity contribution < 1.29 is 23.9 Å². The van der Waals surface area contributed by atoms with Crippen molar-refractivity contribution in [3.63, 3.8) is 0 Å². The van der Waals surface area contributed by atoms with Crippen molar-refractivity contribution in [1.29, 1.82) is 0 Å². The van der Waals surface area contributed by atoms with E-state index in [1.165, 1.54) is 6.42 Å². The van der Waals surface area contributed by atoms with Crippen LogP contribution in [-0.4, -0.2) is 86.7 Å². The molecule has 3 heterocycles. The largest absolute Gasteiger partial charge is 0.454 e. The van der Waals surface area contributed by atoms with Crippen molar-refractivity contribution in [3.05, 3.63) is 47.5 Å². The third kappa shape index (κ3) is 6.33. The summed E-state index contributed by atoms with van der Waals surface area (Å²) in [6, 6.07) is 10.7. The maximum absolute atomic E-state index is 13.5. The Balaban J connectivity index is 1.24. The first-order chi connectivity index (χ1) is 20.6. The summed E-state index contributed by atoms with van der Waals surface area (Å²) in [7, 11) is 0. The van der Waals surface area contributed by atoms with Crippen molar-refractivity contribution in [2.45, 2.75) is 44.9 Å². The molecule has 1 aliphatic carbocycles. The molecule has 1 saturated carbocycles. The predicted molar refractivity (Wildman–Crippen MR) is 160 cm³/mol. The van der Waals surface area contributed by atoms with Crippen LogP contribution < -0.4 is 25.0 Å². The predicted octanol–water partition coefficient (Wildman–Crippen LogP) is 3.72. The lowest BCUT2D eigenvalue weighted by atomic mass is 9.88. The van der Waals surface area contributed by atoms with Crippen LogP contribution in [0.25, 0.3) is 0 Å². The number of hydrogen-bond acceptors (Lipinski definition) is 7. The molecule has 4 aliphatic rings. The van der Waals surface area contributed by atoms with E-state index in [2.05, 4.69) is 15.5 Å². The molecule has 0 spiro atoms. The molecule has 42 heavy (non-hydrogen) atoms. The number of rotatable bonds is 5. The molecule has 2 aromatic rings. The molecule has 0 unspecified atom stereocenters. The van der Waals surface area contributed by atoms with Gasteiger partial charge in [0.2, 0.25) is 12.7 Å². The molecule has 10 heteroatoms. The Labute approximate surface area is 247 Å². The number of carbonyl (C=O) groups is 3. The van der Waals surface area contributed by atoms with Gasteiger partial charge in [0, 0.05) is 62.9 Å². The second-order valence-electron chi connectivity index (χ2n) is 11.7. The Morgan fingerprint density at radius 3 is 2.43 bits per heavy atom. The van der Waals surface area contributed by atoms with E-state index in [-0.39, 0.29) is 24.5 Å².